The van der Waals surface area contributed by atoms with Crippen molar-refractivity contribution in [1.29, 1.82) is 0 Å². The van der Waals surface area contributed by atoms with Gasteiger partial charge >= 0.3 is 5.97 Å². The number of carbonyl (C=O) groups is 7. The van der Waals surface area contributed by atoms with Crippen LogP contribution in [0, 0.1) is 13.8 Å². The first kappa shape index (κ1) is 54.7. The number of carboxylic acids is 1. The molecule has 0 radical (unpaired) electrons. The minimum Gasteiger partial charge on any atom is -0.495 e. The van der Waals surface area contributed by atoms with Gasteiger partial charge in [-0.25, -0.2) is 15.0 Å². The van der Waals surface area contributed by atoms with Gasteiger partial charge in [0.1, 0.15) is 28.7 Å². The molecule has 77 heavy (non-hydrogen) atoms. The summed E-state index contributed by atoms with van der Waals surface area (Å²) in [4.78, 5) is 106. The number of rotatable bonds is 24. The summed E-state index contributed by atoms with van der Waals surface area (Å²) in [6.45, 7) is 8.47. The number of hydrogen-bond donors (Lipinski definition) is 5. The summed E-state index contributed by atoms with van der Waals surface area (Å²) in [7, 11) is 3.09. The van der Waals surface area contributed by atoms with E-state index in [9.17, 15) is 33.6 Å². The third-order valence-corrected chi connectivity index (χ3v) is 14.3. The number of aryl methyl sites for hydroxylation is 4. The second-order valence-corrected chi connectivity index (χ2v) is 19.5. The normalized spacial score (nSPS) is 14.1. The molecule has 1 saturated heterocycles. The maximum absolute atomic E-state index is 13.9. The molecule has 1 aliphatic rings. The molecule has 6 amide bonds. The Morgan fingerprint density at radius 3 is 2.35 bits per heavy atom. The molecule has 24 nitrogen and oxygen atoms in total. The van der Waals surface area contributed by atoms with E-state index in [2.05, 4.69) is 15.4 Å². The number of anilines is 1. The molecular weight excluding hydrogens is 1010 g/mol. The Morgan fingerprint density at radius 2 is 1.66 bits per heavy atom. The SMILES string of the molecule is CCc1nc(C)oc1C(=O)Nc1nc2cc(C(N)=O)cc(OCCCN(C)C(=O)CCN3C(=O)CC(SCC(N)C(=O)O)C3=O)c2n1C/C=C/Cn1c2nc(-c3cc(C)nn3CC)ccc2c2cc(C(N)=O)cc(OC)c21. The highest BCUT2D eigenvalue weighted by atomic mass is 32.2. The predicted octanol–water partition coefficient (Wildman–Crippen LogP) is 4.19. The van der Waals surface area contributed by atoms with Gasteiger partial charge in [-0.05, 0) is 69.2 Å². The molecule has 0 spiro atoms. The van der Waals surface area contributed by atoms with Gasteiger partial charge < -0.3 is 50.2 Å². The number of likely N-dealkylation sites (tertiary alicyclic amines) is 1. The van der Waals surface area contributed by atoms with Crippen molar-refractivity contribution >= 4 is 92.1 Å². The maximum Gasteiger partial charge on any atom is 0.321 e. The van der Waals surface area contributed by atoms with Crippen molar-refractivity contribution < 1.29 is 52.6 Å². The Morgan fingerprint density at radius 1 is 0.948 bits per heavy atom. The van der Waals surface area contributed by atoms with E-state index in [1.165, 1.54) is 24.1 Å². The molecule has 2 unspecified atom stereocenters. The number of nitrogens with zero attached hydrogens (tertiary/aromatic N) is 9. The highest BCUT2D eigenvalue weighted by molar-refractivity contribution is 8.00. The Hall–Kier alpha value is -8.58. The van der Waals surface area contributed by atoms with Crippen LogP contribution >= 0.6 is 11.8 Å². The van der Waals surface area contributed by atoms with Gasteiger partial charge in [-0.2, -0.15) is 5.10 Å². The molecule has 2 aromatic carbocycles. The number of hydrogen-bond acceptors (Lipinski definition) is 16. The number of ether oxygens (including phenoxy) is 2. The number of imide groups is 1. The van der Waals surface area contributed by atoms with Crippen LogP contribution in [0.4, 0.5) is 5.95 Å². The van der Waals surface area contributed by atoms with Crippen LogP contribution in [0.2, 0.25) is 0 Å². The third kappa shape index (κ3) is 11.5. The molecule has 0 saturated carbocycles. The fraction of sp³-hybridized carbons (Fsp3) is 0.365. The summed E-state index contributed by atoms with van der Waals surface area (Å²) in [5, 5.41) is 17.3. The van der Waals surface area contributed by atoms with Crippen molar-refractivity contribution in [3.05, 3.63) is 88.8 Å². The van der Waals surface area contributed by atoms with Crippen LogP contribution in [0.15, 0.2) is 59.0 Å². The number of primary amides is 2. The molecule has 6 heterocycles. The van der Waals surface area contributed by atoms with Crippen LogP contribution < -0.4 is 32.0 Å². The summed E-state index contributed by atoms with van der Waals surface area (Å²) >= 11 is 0.999. The molecule has 0 bridgehead atoms. The van der Waals surface area contributed by atoms with E-state index in [-0.39, 0.29) is 91.4 Å². The lowest BCUT2D eigenvalue weighted by Crippen LogP contribution is -2.37. The van der Waals surface area contributed by atoms with E-state index >= 15 is 0 Å². The summed E-state index contributed by atoms with van der Waals surface area (Å²) in [5.74, 6) is -3.53. The summed E-state index contributed by atoms with van der Waals surface area (Å²) in [6.07, 6.45) is 4.23. The van der Waals surface area contributed by atoms with E-state index < -0.39 is 46.8 Å². The van der Waals surface area contributed by atoms with Gasteiger partial charge in [0.15, 0.2) is 5.89 Å². The smallest absolute Gasteiger partial charge is 0.321 e. The van der Waals surface area contributed by atoms with Gasteiger partial charge in [0, 0.05) is 87.2 Å². The van der Waals surface area contributed by atoms with Gasteiger partial charge in [-0.15, -0.1) is 11.8 Å². The number of aliphatic carboxylic acids is 1. The number of methoxy groups -OCH3 is 1. The lowest BCUT2D eigenvalue weighted by molar-refractivity contribution is -0.140. The number of carboxylic acid groups (broad SMARTS) is 1. The minimum absolute atomic E-state index is 0.0101. The van der Waals surface area contributed by atoms with Crippen molar-refractivity contribution in [3.8, 4) is 22.9 Å². The number of oxazole rings is 1. The van der Waals surface area contributed by atoms with Gasteiger partial charge in [0.05, 0.1) is 52.8 Å². The van der Waals surface area contributed by atoms with Crippen LogP contribution in [0.1, 0.15) is 81.7 Å². The number of nitrogens with one attached hydrogen (secondary N) is 1. The predicted molar refractivity (Wildman–Crippen MR) is 285 cm³/mol. The Bertz CT molecular complexity index is 3520. The Labute approximate surface area is 444 Å². The van der Waals surface area contributed by atoms with Crippen LogP contribution in [0.3, 0.4) is 0 Å². The molecule has 8 rings (SSSR count). The van der Waals surface area contributed by atoms with Crippen LogP contribution in [-0.4, -0.2) is 141 Å². The molecule has 7 aromatic rings. The fourth-order valence-electron chi connectivity index (χ4n) is 9.15. The van der Waals surface area contributed by atoms with Gasteiger partial charge in [0.2, 0.25) is 41.2 Å². The molecule has 1 fully saturated rings. The number of benzene rings is 2. The number of nitrogens with two attached hydrogens (primary N) is 3. The number of carbonyl (C=O) groups excluding carboxylic acids is 6. The highest BCUT2D eigenvalue weighted by Gasteiger charge is 2.39. The van der Waals surface area contributed by atoms with Crippen molar-refractivity contribution in [2.75, 3.05) is 44.9 Å². The molecule has 2 atom stereocenters. The Kier molecular flexibility index (Phi) is 16.4. The molecule has 8 N–H and O–H groups in total. The van der Waals surface area contributed by atoms with E-state index in [1.54, 1.807) is 30.7 Å². The van der Waals surface area contributed by atoms with E-state index in [0.717, 1.165) is 33.4 Å². The number of imidazole rings is 1. The van der Waals surface area contributed by atoms with Crippen LogP contribution in [-0.2, 0) is 45.2 Å². The summed E-state index contributed by atoms with van der Waals surface area (Å²) in [6, 6.07) is 10.9. The zero-order chi connectivity index (χ0) is 55.4. The second-order valence-electron chi connectivity index (χ2n) is 18.3. The first-order valence-corrected chi connectivity index (χ1v) is 25.8. The number of amides is 6. The zero-order valence-corrected chi connectivity index (χ0v) is 44.1. The molecule has 404 valence electrons. The molecule has 0 aliphatic carbocycles. The number of pyridine rings is 1. The van der Waals surface area contributed by atoms with Crippen molar-refractivity contribution in [3.63, 3.8) is 0 Å². The topological polar surface area (TPSA) is 334 Å². The quantitative estimate of drug-likeness (QED) is 0.0322. The number of aromatic nitrogens is 7. The standard InChI is InChI=1S/C52H59N13O11S/c1-7-34-45(76-28(4)56-34)49(70)59-52-58-36-22-30(47(55)69)24-39(75-19-11-15-61(5)41(66)14-18-62-42(67)25-40(50(62)71)77-26-33(53)51(72)73)44(36)64(52)17-10-9-16-63-43-32(21-29(46(54)68)23-38(43)74-6)31-12-13-35(57-48(31)63)37-20-27(3)60-65(37)8-2/h9-10,12-13,20-24,33,40H,7-8,11,14-19,25-26,53H2,1-6H3,(H2,54,68)(H2,55,69)(H,72,73)(H,58,59,70)/b10-9+. The first-order valence-electron chi connectivity index (χ1n) is 24.7. The minimum atomic E-state index is -1.21. The van der Waals surface area contributed by atoms with Crippen LogP contribution in [0.5, 0.6) is 11.5 Å². The summed E-state index contributed by atoms with van der Waals surface area (Å²) in [5.41, 5.74) is 22.2. The maximum atomic E-state index is 13.9. The number of thioether (sulfide) groups is 1. The average Bonchev–Trinajstić information content (AvgIpc) is 4.27. The summed E-state index contributed by atoms with van der Waals surface area (Å²) < 4.78 is 23.5. The molecule has 1 aliphatic heterocycles. The van der Waals surface area contributed by atoms with E-state index in [1.807, 2.05) is 60.4 Å². The average molecular weight is 1070 g/mol. The van der Waals surface area contributed by atoms with Gasteiger partial charge in [0.25, 0.3) is 5.91 Å². The molecular formula is C52H59N13O11S. The lowest BCUT2D eigenvalue weighted by Gasteiger charge is -2.20. The Balaban J connectivity index is 1.07. The molecule has 5 aromatic heterocycles. The van der Waals surface area contributed by atoms with Crippen molar-refractivity contribution in [1.82, 2.24) is 43.7 Å². The van der Waals surface area contributed by atoms with E-state index in [4.69, 9.17) is 46.2 Å². The monoisotopic (exact) mass is 1070 g/mol. The van der Waals surface area contributed by atoms with Gasteiger partial charge in [-0.1, -0.05) is 19.1 Å². The lowest BCUT2D eigenvalue weighted by atomic mass is 10.1. The number of allylic oxidation sites excluding steroid dienone is 2. The van der Waals surface area contributed by atoms with Gasteiger partial charge in [-0.3, -0.25) is 48.5 Å². The zero-order valence-electron chi connectivity index (χ0n) is 43.3. The largest absolute Gasteiger partial charge is 0.495 e. The van der Waals surface area contributed by atoms with Crippen LogP contribution in [0.25, 0.3) is 44.4 Å². The number of fused-ring (bicyclic) bond motifs is 4. The highest BCUT2D eigenvalue weighted by Crippen LogP contribution is 2.38. The fourth-order valence-corrected chi connectivity index (χ4v) is 10.3. The first-order chi connectivity index (χ1) is 36.8. The second kappa shape index (κ2) is 23.1. The molecule has 25 heteroatoms. The van der Waals surface area contributed by atoms with Crippen molar-refractivity contribution in [2.24, 2.45) is 17.2 Å². The van der Waals surface area contributed by atoms with E-state index in [0.29, 0.717) is 64.5 Å². The third-order valence-electron chi connectivity index (χ3n) is 13.0. The van der Waals surface area contributed by atoms with Crippen molar-refractivity contribution in [2.45, 2.75) is 84.3 Å².